The molecule has 0 bridgehead atoms. The first-order valence-corrected chi connectivity index (χ1v) is 8.58. The molecule has 1 heterocycles. The number of aldehydes is 1. The third-order valence-electron chi connectivity index (χ3n) is 4.67. The molecule has 146 valence electrons. The highest BCUT2D eigenvalue weighted by molar-refractivity contribution is 5.92. The van der Waals surface area contributed by atoms with E-state index in [4.69, 9.17) is 14.2 Å². The van der Waals surface area contributed by atoms with E-state index in [2.05, 4.69) is 13.2 Å². The minimum atomic E-state index is -1.03. The van der Waals surface area contributed by atoms with Crippen molar-refractivity contribution in [1.82, 2.24) is 0 Å². The molecule has 0 unspecified atom stereocenters. The maximum absolute atomic E-state index is 12.2. The summed E-state index contributed by atoms with van der Waals surface area (Å²) >= 11 is 0. The molecule has 0 saturated carbocycles. The summed E-state index contributed by atoms with van der Waals surface area (Å²) in [6.45, 7) is 8.61. The van der Waals surface area contributed by atoms with Gasteiger partial charge in [-0.2, -0.15) is 0 Å². The molecular formula is C20H24O7. The maximum Gasteiger partial charge on any atom is 0.334 e. The molecule has 0 aromatic rings. The first-order valence-electron chi connectivity index (χ1n) is 8.58. The van der Waals surface area contributed by atoms with Crippen molar-refractivity contribution in [2.75, 3.05) is 13.7 Å². The van der Waals surface area contributed by atoms with Crippen LogP contribution in [0.15, 0.2) is 47.6 Å². The molecule has 1 saturated heterocycles. The summed E-state index contributed by atoms with van der Waals surface area (Å²) in [6.07, 6.45) is 2.17. The number of carbonyl (C=O) groups excluding carboxylic acids is 3. The lowest BCUT2D eigenvalue weighted by Crippen LogP contribution is -2.44. The molecular weight excluding hydrogens is 352 g/mol. The largest absolute Gasteiger partial charge is 0.455 e. The van der Waals surface area contributed by atoms with Gasteiger partial charge in [0.2, 0.25) is 0 Å². The van der Waals surface area contributed by atoms with E-state index in [0.717, 1.165) is 0 Å². The summed E-state index contributed by atoms with van der Waals surface area (Å²) in [5.74, 6) is -2.07. The van der Waals surface area contributed by atoms with Crippen LogP contribution < -0.4 is 0 Å². The Hall–Kier alpha value is -2.51. The van der Waals surface area contributed by atoms with Crippen LogP contribution in [-0.2, 0) is 28.6 Å². The van der Waals surface area contributed by atoms with Gasteiger partial charge in [0, 0.05) is 23.8 Å². The summed E-state index contributed by atoms with van der Waals surface area (Å²) in [7, 11) is 1.39. The number of esters is 2. The summed E-state index contributed by atoms with van der Waals surface area (Å²) in [6, 6.07) is 0. The number of carbonyl (C=O) groups is 3. The van der Waals surface area contributed by atoms with Crippen LogP contribution in [0.4, 0.5) is 0 Å². The summed E-state index contributed by atoms with van der Waals surface area (Å²) < 4.78 is 16.4. The fourth-order valence-corrected chi connectivity index (χ4v) is 3.24. The second-order valence-electron chi connectivity index (χ2n) is 6.57. The van der Waals surface area contributed by atoms with Crippen LogP contribution in [0.1, 0.15) is 19.8 Å². The number of aliphatic hydroxyl groups excluding tert-OH is 1. The quantitative estimate of drug-likeness (QED) is 0.335. The van der Waals surface area contributed by atoms with Gasteiger partial charge in [0.1, 0.15) is 24.6 Å². The van der Waals surface area contributed by atoms with E-state index in [1.54, 1.807) is 12.2 Å². The monoisotopic (exact) mass is 376 g/mol. The third-order valence-corrected chi connectivity index (χ3v) is 4.67. The Morgan fingerprint density at radius 3 is 2.74 bits per heavy atom. The van der Waals surface area contributed by atoms with Crippen molar-refractivity contribution >= 4 is 18.2 Å². The van der Waals surface area contributed by atoms with Crippen LogP contribution in [-0.4, -0.2) is 55.4 Å². The Kier molecular flexibility index (Phi) is 6.87. The summed E-state index contributed by atoms with van der Waals surface area (Å²) in [5, 5.41) is 9.58. The molecule has 2 rings (SSSR count). The highest BCUT2D eigenvalue weighted by Crippen LogP contribution is 2.37. The lowest BCUT2D eigenvalue weighted by molar-refractivity contribution is -0.155. The first kappa shape index (κ1) is 20.8. The molecule has 0 amide bonds. The van der Waals surface area contributed by atoms with Crippen molar-refractivity contribution in [3.05, 3.63) is 47.6 Å². The van der Waals surface area contributed by atoms with E-state index in [0.29, 0.717) is 24.7 Å². The average Bonchev–Trinajstić information content (AvgIpc) is 2.92. The molecule has 1 aliphatic heterocycles. The average molecular weight is 376 g/mol. The normalized spacial score (nSPS) is 32.3. The van der Waals surface area contributed by atoms with E-state index in [1.807, 2.05) is 0 Å². The number of hydrogen-bond acceptors (Lipinski definition) is 7. The number of hydrogen-bond donors (Lipinski definition) is 1. The zero-order chi connectivity index (χ0) is 20.1. The molecule has 7 nitrogen and oxygen atoms in total. The van der Waals surface area contributed by atoms with Gasteiger partial charge in [-0.1, -0.05) is 19.2 Å². The van der Waals surface area contributed by atoms with E-state index < -0.39 is 36.2 Å². The molecule has 1 N–H and O–H groups in total. The van der Waals surface area contributed by atoms with Crippen molar-refractivity contribution in [3.8, 4) is 0 Å². The van der Waals surface area contributed by atoms with Crippen molar-refractivity contribution in [2.45, 2.75) is 38.1 Å². The molecule has 0 radical (unpaired) electrons. The molecule has 2 aliphatic rings. The lowest BCUT2D eigenvalue weighted by atomic mass is 9.83. The molecule has 4 atom stereocenters. The van der Waals surface area contributed by atoms with Crippen LogP contribution in [0.25, 0.3) is 0 Å². The highest BCUT2D eigenvalue weighted by atomic mass is 16.6. The predicted molar refractivity (Wildman–Crippen MR) is 96.6 cm³/mol. The number of methoxy groups -OCH3 is 1. The van der Waals surface area contributed by atoms with Crippen molar-refractivity contribution in [2.24, 2.45) is 5.92 Å². The first-order chi connectivity index (χ1) is 12.8. The standard InChI is InChI=1S/C20H24O7/c1-11(2)19(23)27-18-16-12(3)20(24)26-15(16)8-13(9-21)6-5-7-14(10-22)17(18)25-4/h7-8,10,15-18,21H,1,3,5-6,9H2,2,4H3/b13-8-,14-7-/t15-,16-,17+,18+/m1/s1. The predicted octanol–water partition coefficient (Wildman–Crippen LogP) is 1.42. The minimum Gasteiger partial charge on any atom is -0.455 e. The van der Waals surface area contributed by atoms with E-state index in [-0.39, 0.29) is 23.3 Å². The van der Waals surface area contributed by atoms with E-state index in [9.17, 15) is 19.5 Å². The number of aliphatic hydroxyl groups is 1. The fraction of sp³-hybridized carbons (Fsp3) is 0.450. The highest BCUT2D eigenvalue weighted by Gasteiger charge is 2.48. The Morgan fingerprint density at radius 2 is 2.19 bits per heavy atom. The van der Waals surface area contributed by atoms with Gasteiger partial charge < -0.3 is 19.3 Å². The molecule has 0 spiro atoms. The van der Waals surface area contributed by atoms with Crippen molar-refractivity contribution in [3.63, 3.8) is 0 Å². The van der Waals surface area contributed by atoms with Crippen LogP contribution in [0.2, 0.25) is 0 Å². The van der Waals surface area contributed by atoms with E-state index in [1.165, 1.54) is 14.0 Å². The van der Waals surface area contributed by atoms with Gasteiger partial charge in [-0.15, -0.1) is 0 Å². The van der Waals surface area contributed by atoms with Gasteiger partial charge in [0.25, 0.3) is 0 Å². The Labute approximate surface area is 158 Å². The molecule has 7 heteroatoms. The number of rotatable bonds is 5. The molecule has 1 fully saturated rings. The van der Waals surface area contributed by atoms with Crippen LogP contribution >= 0.6 is 0 Å². The topological polar surface area (TPSA) is 99.1 Å². The molecule has 0 aromatic heterocycles. The lowest BCUT2D eigenvalue weighted by Gasteiger charge is -2.32. The van der Waals surface area contributed by atoms with Gasteiger partial charge in [-0.25, -0.2) is 9.59 Å². The molecule has 1 aliphatic carbocycles. The zero-order valence-corrected chi connectivity index (χ0v) is 15.5. The van der Waals surface area contributed by atoms with Crippen molar-refractivity contribution in [1.29, 1.82) is 0 Å². The van der Waals surface area contributed by atoms with Gasteiger partial charge in [-0.05, 0) is 31.4 Å². The number of ether oxygens (including phenoxy) is 3. The fourth-order valence-electron chi connectivity index (χ4n) is 3.24. The Balaban J connectivity index is 2.59. The maximum atomic E-state index is 12.2. The smallest absolute Gasteiger partial charge is 0.334 e. The second-order valence-corrected chi connectivity index (χ2v) is 6.57. The Bertz CT molecular complexity index is 716. The summed E-state index contributed by atoms with van der Waals surface area (Å²) in [4.78, 5) is 36.0. The SMILES string of the molecule is C=C(C)C(=O)O[C@H]1[C@@H]2C(=C)C(=O)O[C@@H]2/C=C(\CO)CC/C=C(/C=O)[C@@H]1OC. The van der Waals surface area contributed by atoms with Gasteiger partial charge in [0.05, 0.1) is 12.5 Å². The van der Waals surface area contributed by atoms with Crippen LogP contribution in [0, 0.1) is 5.92 Å². The van der Waals surface area contributed by atoms with E-state index >= 15 is 0 Å². The van der Waals surface area contributed by atoms with Crippen LogP contribution in [0.3, 0.4) is 0 Å². The van der Waals surface area contributed by atoms with Gasteiger partial charge >= 0.3 is 11.9 Å². The number of allylic oxidation sites excluding steroid dienone is 1. The van der Waals surface area contributed by atoms with Crippen molar-refractivity contribution < 1.29 is 33.7 Å². The minimum absolute atomic E-state index is 0.112. The second kappa shape index (κ2) is 8.92. The molecule has 0 aromatic carbocycles. The Morgan fingerprint density at radius 1 is 1.48 bits per heavy atom. The zero-order valence-electron chi connectivity index (χ0n) is 15.5. The molecule has 27 heavy (non-hydrogen) atoms. The number of fused-ring (bicyclic) bond motifs is 1. The van der Waals surface area contributed by atoms with Crippen LogP contribution in [0.5, 0.6) is 0 Å². The van der Waals surface area contributed by atoms with Gasteiger partial charge in [-0.3, -0.25) is 4.79 Å². The van der Waals surface area contributed by atoms with Gasteiger partial charge in [0.15, 0.2) is 0 Å². The summed E-state index contributed by atoms with van der Waals surface area (Å²) in [5.41, 5.74) is 1.20. The third kappa shape index (κ3) is 4.43.